The van der Waals surface area contributed by atoms with Crippen LogP contribution in [-0.4, -0.2) is 29.1 Å². The molecule has 0 radical (unpaired) electrons. The third-order valence-electron chi connectivity index (χ3n) is 3.51. The van der Waals surface area contributed by atoms with Gasteiger partial charge in [0.15, 0.2) is 5.69 Å². The molecule has 5 heteroatoms. The fourth-order valence-corrected chi connectivity index (χ4v) is 1.74. The molecular weight excluding hydrogens is 230 g/mol. The van der Waals surface area contributed by atoms with E-state index in [9.17, 15) is 9.90 Å². The number of aromatic nitrogens is 1. The van der Waals surface area contributed by atoms with Gasteiger partial charge in [-0.2, -0.15) is 0 Å². The van der Waals surface area contributed by atoms with Crippen LogP contribution in [0.5, 0.6) is 0 Å². The second-order valence-electron chi connectivity index (χ2n) is 4.49. The van der Waals surface area contributed by atoms with Gasteiger partial charge in [-0.25, -0.2) is 4.98 Å². The zero-order chi connectivity index (χ0) is 13.6. The van der Waals surface area contributed by atoms with Gasteiger partial charge in [0.1, 0.15) is 0 Å². The molecule has 1 rings (SSSR count). The molecule has 5 nitrogen and oxygen atoms in total. The van der Waals surface area contributed by atoms with Crippen molar-refractivity contribution in [1.29, 1.82) is 0 Å². The third-order valence-corrected chi connectivity index (χ3v) is 3.51. The van der Waals surface area contributed by atoms with Crippen LogP contribution in [0.4, 0.5) is 5.69 Å². The van der Waals surface area contributed by atoms with Crippen molar-refractivity contribution in [2.24, 2.45) is 5.41 Å². The highest BCUT2D eigenvalue weighted by atomic mass is 16.3. The van der Waals surface area contributed by atoms with Crippen molar-refractivity contribution in [2.45, 2.75) is 26.7 Å². The van der Waals surface area contributed by atoms with Crippen LogP contribution in [0.1, 0.15) is 37.2 Å². The van der Waals surface area contributed by atoms with Crippen LogP contribution >= 0.6 is 0 Å². The van der Waals surface area contributed by atoms with E-state index in [1.165, 1.54) is 6.20 Å². The summed E-state index contributed by atoms with van der Waals surface area (Å²) in [5.74, 6) is -0.298. The topological polar surface area (TPSA) is 88.2 Å². The highest BCUT2D eigenvalue weighted by molar-refractivity contribution is 5.96. The molecule has 1 amide bonds. The van der Waals surface area contributed by atoms with Crippen LogP contribution in [0.2, 0.25) is 0 Å². The van der Waals surface area contributed by atoms with Crippen molar-refractivity contribution in [1.82, 2.24) is 10.3 Å². The van der Waals surface area contributed by atoms with Gasteiger partial charge in [0.25, 0.3) is 5.91 Å². The second-order valence-corrected chi connectivity index (χ2v) is 4.49. The average Bonchev–Trinajstić information content (AvgIpc) is 2.41. The molecule has 0 saturated heterocycles. The van der Waals surface area contributed by atoms with Crippen molar-refractivity contribution < 1.29 is 9.90 Å². The molecule has 1 aromatic heterocycles. The molecule has 0 atom stereocenters. The molecule has 0 aliphatic heterocycles. The van der Waals surface area contributed by atoms with E-state index in [-0.39, 0.29) is 23.6 Å². The minimum atomic E-state index is -0.298. The van der Waals surface area contributed by atoms with Gasteiger partial charge in [0.05, 0.1) is 12.3 Å². The number of nitrogen functional groups attached to an aromatic ring is 1. The van der Waals surface area contributed by atoms with E-state index in [4.69, 9.17) is 5.73 Å². The summed E-state index contributed by atoms with van der Waals surface area (Å²) in [5, 5.41) is 12.2. The monoisotopic (exact) mass is 251 g/mol. The van der Waals surface area contributed by atoms with E-state index in [0.717, 1.165) is 12.8 Å². The van der Waals surface area contributed by atoms with E-state index in [2.05, 4.69) is 10.3 Å². The summed E-state index contributed by atoms with van der Waals surface area (Å²) in [4.78, 5) is 15.9. The first-order valence-corrected chi connectivity index (χ1v) is 6.18. The molecule has 1 heterocycles. The number of hydrogen-bond donors (Lipinski definition) is 3. The van der Waals surface area contributed by atoms with Gasteiger partial charge in [-0.3, -0.25) is 4.79 Å². The van der Waals surface area contributed by atoms with Crippen LogP contribution in [0.15, 0.2) is 18.3 Å². The standard InChI is InChI=1S/C13H21N3O2/c1-3-13(4-2,9-17)8-16-12(18)11-10(14)6-5-7-15-11/h5-7,17H,3-4,8-9,14H2,1-2H3,(H,16,18). The number of hydrogen-bond acceptors (Lipinski definition) is 4. The first kappa shape index (κ1) is 14.4. The van der Waals surface area contributed by atoms with E-state index >= 15 is 0 Å². The zero-order valence-corrected chi connectivity index (χ0v) is 10.9. The molecule has 0 unspecified atom stereocenters. The number of carbonyl (C=O) groups is 1. The normalized spacial score (nSPS) is 11.3. The molecule has 18 heavy (non-hydrogen) atoms. The Morgan fingerprint density at radius 1 is 1.50 bits per heavy atom. The average molecular weight is 251 g/mol. The number of nitrogens with two attached hydrogens (primary N) is 1. The Balaban J connectivity index is 2.69. The Morgan fingerprint density at radius 2 is 2.17 bits per heavy atom. The summed E-state index contributed by atoms with van der Waals surface area (Å²) < 4.78 is 0. The lowest BCUT2D eigenvalue weighted by atomic mass is 9.83. The highest BCUT2D eigenvalue weighted by Gasteiger charge is 2.26. The zero-order valence-electron chi connectivity index (χ0n) is 10.9. The third kappa shape index (κ3) is 3.20. The van der Waals surface area contributed by atoms with E-state index in [0.29, 0.717) is 12.2 Å². The number of nitrogens with zero attached hydrogens (tertiary/aromatic N) is 1. The van der Waals surface area contributed by atoms with Gasteiger partial charge in [0.2, 0.25) is 0 Å². The van der Waals surface area contributed by atoms with Crippen molar-refractivity contribution in [2.75, 3.05) is 18.9 Å². The van der Waals surface area contributed by atoms with Crippen molar-refractivity contribution in [3.8, 4) is 0 Å². The summed E-state index contributed by atoms with van der Waals surface area (Å²) >= 11 is 0. The van der Waals surface area contributed by atoms with Gasteiger partial charge >= 0.3 is 0 Å². The lowest BCUT2D eigenvalue weighted by Gasteiger charge is -2.29. The van der Waals surface area contributed by atoms with Gasteiger partial charge in [-0.1, -0.05) is 13.8 Å². The van der Waals surface area contributed by atoms with Crippen LogP contribution in [0, 0.1) is 5.41 Å². The summed E-state index contributed by atoms with van der Waals surface area (Å²) in [6.07, 6.45) is 3.14. The summed E-state index contributed by atoms with van der Waals surface area (Å²) in [6.45, 7) is 4.48. The smallest absolute Gasteiger partial charge is 0.272 e. The number of pyridine rings is 1. The Morgan fingerprint density at radius 3 is 2.67 bits per heavy atom. The van der Waals surface area contributed by atoms with E-state index < -0.39 is 0 Å². The fourth-order valence-electron chi connectivity index (χ4n) is 1.74. The Bertz CT molecular complexity index is 395. The maximum atomic E-state index is 11.9. The minimum Gasteiger partial charge on any atom is -0.397 e. The first-order chi connectivity index (χ1) is 8.58. The molecule has 0 aliphatic rings. The number of amides is 1. The van der Waals surface area contributed by atoms with Crippen LogP contribution in [-0.2, 0) is 0 Å². The van der Waals surface area contributed by atoms with E-state index in [1.807, 2.05) is 13.8 Å². The number of rotatable bonds is 6. The predicted octanol–water partition coefficient (Wildman–Crippen LogP) is 1.19. The molecule has 0 spiro atoms. The Labute approximate surface area is 107 Å². The summed E-state index contributed by atoms with van der Waals surface area (Å²) in [7, 11) is 0. The molecule has 100 valence electrons. The van der Waals surface area contributed by atoms with Crippen LogP contribution in [0.3, 0.4) is 0 Å². The Hall–Kier alpha value is -1.62. The predicted molar refractivity (Wildman–Crippen MR) is 71.1 cm³/mol. The van der Waals surface area contributed by atoms with E-state index in [1.54, 1.807) is 12.1 Å². The number of aliphatic hydroxyl groups is 1. The SMILES string of the molecule is CCC(CC)(CO)CNC(=O)c1ncccc1N. The van der Waals surface area contributed by atoms with Crippen molar-refractivity contribution in [3.05, 3.63) is 24.0 Å². The first-order valence-electron chi connectivity index (χ1n) is 6.18. The molecule has 0 fully saturated rings. The molecule has 0 aromatic carbocycles. The van der Waals surface area contributed by atoms with Crippen LogP contribution in [0.25, 0.3) is 0 Å². The van der Waals surface area contributed by atoms with Gasteiger partial charge in [0, 0.05) is 18.2 Å². The van der Waals surface area contributed by atoms with Gasteiger partial charge in [-0.05, 0) is 25.0 Å². The summed E-state index contributed by atoms with van der Waals surface area (Å²) in [6, 6.07) is 3.32. The quantitative estimate of drug-likeness (QED) is 0.708. The number of anilines is 1. The van der Waals surface area contributed by atoms with Crippen LogP contribution < -0.4 is 11.1 Å². The number of aliphatic hydroxyl groups excluding tert-OH is 1. The van der Waals surface area contributed by atoms with Gasteiger partial charge < -0.3 is 16.2 Å². The molecular formula is C13H21N3O2. The van der Waals surface area contributed by atoms with Crippen molar-refractivity contribution >= 4 is 11.6 Å². The lowest BCUT2D eigenvalue weighted by Crippen LogP contribution is -2.39. The maximum Gasteiger partial charge on any atom is 0.272 e. The second kappa shape index (κ2) is 6.35. The molecule has 0 bridgehead atoms. The molecule has 4 N–H and O–H groups in total. The Kier molecular flexibility index (Phi) is 5.09. The molecule has 1 aromatic rings. The number of nitrogens with one attached hydrogen (secondary N) is 1. The fraction of sp³-hybridized carbons (Fsp3) is 0.538. The lowest BCUT2D eigenvalue weighted by molar-refractivity contribution is 0.0847. The summed E-state index contributed by atoms with van der Waals surface area (Å²) in [5.41, 5.74) is 6.01. The molecule has 0 aliphatic carbocycles. The van der Waals surface area contributed by atoms with Crippen molar-refractivity contribution in [3.63, 3.8) is 0 Å². The number of carbonyl (C=O) groups excluding carboxylic acids is 1. The highest BCUT2D eigenvalue weighted by Crippen LogP contribution is 2.24. The maximum absolute atomic E-state index is 11.9. The molecule has 0 saturated carbocycles. The largest absolute Gasteiger partial charge is 0.397 e. The van der Waals surface area contributed by atoms with Gasteiger partial charge in [-0.15, -0.1) is 0 Å². The minimum absolute atomic E-state index is 0.0536.